The molecule has 0 spiro atoms. The summed E-state index contributed by atoms with van der Waals surface area (Å²) >= 11 is 0. The molecule has 0 amide bonds. The largest absolute Gasteiger partial charge is 0.368 e. The molecule has 2 N–H and O–H groups in total. The van der Waals surface area contributed by atoms with E-state index in [1.807, 2.05) is 13.1 Å². The van der Waals surface area contributed by atoms with Crippen LogP contribution in [0.25, 0.3) is 0 Å². The first-order valence-electron chi connectivity index (χ1n) is 4.99. The number of ether oxygens (including phenoxy) is 1. The molecular formula is C10H17N3O. The summed E-state index contributed by atoms with van der Waals surface area (Å²) in [6.07, 6.45) is 1.85. The number of aryl methyl sites for hydroxylation is 1. The fourth-order valence-electron chi connectivity index (χ4n) is 1.84. The number of rotatable bonds is 1. The molecule has 0 saturated carbocycles. The van der Waals surface area contributed by atoms with Gasteiger partial charge < -0.3 is 10.1 Å². The Kier molecular flexibility index (Phi) is 2.33. The first-order valence-corrected chi connectivity index (χ1v) is 4.99. The van der Waals surface area contributed by atoms with Crippen molar-refractivity contribution in [3.05, 3.63) is 17.5 Å². The van der Waals surface area contributed by atoms with Gasteiger partial charge in [-0.2, -0.15) is 5.10 Å². The van der Waals surface area contributed by atoms with Gasteiger partial charge in [0.25, 0.3) is 0 Å². The van der Waals surface area contributed by atoms with Gasteiger partial charge in [0, 0.05) is 23.8 Å². The van der Waals surface area contributed by atoms with E-state index < -0.39 is 0 Å². The van der Waals surface area contributed by atoms with Crippen molar-refractivity contribution in [1.82, 2.24) is 15.5 Å². The lowest BCUT2D eigenvalue weighted by Gasteiger charge is -2.37. The lowest BCUT2D eigenvalue weighted by Crippen LogP contribution is -2.50. The molecule has 2 rings (SSSR count). The number of morpholine rings is 1. The summed E-state index contributed by atoms with van der Waals surface area (Å²) in [7, 11) is 0. The SMILES string of the molecule is Cc1[nH]ncc1C1(C)CNC(C)CO1. The number of aromatic amines is 1. The Morgan fingerprint density at radius 3 is 2.93 bits per heavy atom. The molecule has 0 aliphatic carbocycles. The summed E-state index contributed by atoms with van der Waals surface area (Å²) < 4.78 is 5.88. The molecule has 14 heavy (non-hydrogen) atoms. The number of nitrogens with zero attached hydrogens (tertiary/aromatic N) is 1. The van der Waals surface area contributed by atoms with Gasteiger partial charge in [0.05, 0.1) is 12.8 Å². The highest BCUT2D eigenvalue weighted by atomic mass is 16.5. The van der Waals surface area contributed by atoms with E-state index in [1.165, 1.54) is 0 Å². The smallest absolute Gasteiger partial charge is 0.106 e. The molecule has 1 aromatic heterocycles. The maximum Gasteiger partial charge on any atom is 0.106 e. The van der Waals surface area contributed by atoms with Gasteiger partial charge in [-0.25, -0.2) is 0 Å². The summed E-state index contributed by atoms with van der Waals surface area (Å²) in [5.74, 6) is 0. The summed E-state index contributed by atoms with van der Waals surface area (Å²) in [4.78, 5) is 0. The highest BCUT2D eigenvalue weighted by Crippen LogP contribution is 2.28. The van der Waals surface area contributed by atoms with Crippen molar-refractivity contribution in [3.63, 3.8) is 0 Å². The molecule has 2 unspecified atom stereocenters. The number of aromatic nitrogens is 2. The van der Waals surface area contributed by atoms with Gasteiger partial charge in [-0.3, -0.25) is 5.10 Å². The van der Waals surface area contributed by atoms with Crippen LogP contribution in [-0.4, -0.2) is 29.4 Å². The average Bonchev–Trinajstić information content (AvgIpc) is 2.58. The standard InChI is InChI=1S/C10H17N3O/c1-7-5-14-10(3,6-11-7)9-4-12-13-8(9)2/h4,7,11H,5-6H2,1-3H3,(H,12,13). The van der Waals surface area contributed by atoms with Crippen LogP contribution in [0, 0.1) is 6.92 Å². The average molecular weight is 195 g/mol. The van der Waals surface area contributed by atoms with Gasteiger partial charge in [0.1, 0.15) is 5.60 Å². The van der Waals surface area contributed by atoms with Crippen LogP contribution >= 0.6 is 0 Å². The second-order valence-electron chi connectivity index (χ2n) is 4.23. The lowest BCUT2D eigenvalue weighted by atomic mass is 9.94. The van der Waals surface area contributed by atoms with Crippen molar-refractivity contribution >= 4 is 0 Å². The van der Waals surface area contributed by atoms with Gasteiger partial charge >= 0.3 is 0 Å². The molecule has 2 atom stereocenters. The zero-order chi connectivity index (χ0) is 10.2. The van der Waals surface area contributed by atoms with Crippen LogP contribution in [0.4, 0.5) is 0 Å². The summed E-state index contributed by atoms with van der Waals surface area (Å²) in [5, 5.41) is 10.4. The maximum absolute atomic E-state index is 5.88. The van der Waals surface area contributed by atoms with Crippen LogP contribution in [0.2, 0.25) is 0 Å². The van der Waals surface area contributed by atoms with Crippen molar-refractivity contribution in [1.29, 1.82) is 0 Å². The van der Waals surface area contributed by atoms with E-state index in [-0.39, 0.29) is 5.60 Å². The topological polar surface area (TPSA) is 49.9 Å². The van der Waals surface area contributed by atoms with Gasteiger partial charge in [0.2, 0.25) is 0 Å². The first-order chi connectivity index (χ1) is 6.62. The van der Waals surface area contributed by atoms with E-state index in [4.69, 9.17) is 4.74 Å². The minimum absolute atomic E-state index is 0.233. The third-order valence-electron chi connectivity index (χ3n) is 2.84. The zero-order valence-corrected chi connectivity index (χ0v) is 8.92. The molecule has 1 aliphatic rings. The lowest BCUT2D eigenvalue weighted by molar-refractivity contribution is -0.0731. The molecule has 78 valence electrons. The van der Waals surface area contributed by atoms with Crippen molar-refractivity contribution in [2.75, 3.05) is 13.2 Å². The number of nitrogens with one attached hydrogen (secondary N) is 2. The van der Waals surface area contributed by atoms with Gasteiger partial charge in [-0.05, 0) is 20.8 Å². The molecule has 1 saturated heterocycles. The van der Waals surface area contributed by atoms with E-state index in [0.29, 0.717) is 6.04 Å². The Balaban J connectivity index is 2.21. The third kappa shape index (κ3) is 1.55. The van der Waals surface area contributed by atoms with Gasteiger partial charge in [0.15, 0.2) is 0 Å². The molecular weight excluding hydrogens is 178 g/mol. The predicted molar refractivity (Wildman–Crippen MR) is 54.1 cm³/mol. The second kappa shape index (κ2) is 3.37. The van der Waals surface area contributed by atoms with Gasteiger partial charge in [-0.1, -0.05) is 0 Å². The van der Waals surface area contributed by atoms with E-state index in [1.54, 1.807) is 0 Å². The minimum atomic E-state index is -0.233. The van der Waals surface area contributed by atoms with Crippen LogP contribution in [-0.2, 0) is 10.3 Å². The quantitative estimate of drug-likeness (QED) is 0.701. The third-order valence-corrected chi connectivity index (χ3v) is 2.84. The summed E-state index contributed by atoms with van der Waals surface area (Å²) in [5.41, 5.74) is 2.00. The molecule has 1 fully saturated rings. The normalized spacial score (nSPS) is 33.2. The van der Waals surface area contributed by atoms with Gasteiger partial charge in [-0.15, -0.1) is 0 Å². The molecule has 1 aliphatic heterocycles. The van der Waals surface area contributed by atoms with E-state index in [0.717, 1.165) is 24.4 Å². The molecule has 0 bridgehead atoms. The highest BCUT2D eigenvalue weighted by molar-refractivity contribution is 5.23. The number of hydrogen-bond acceptors (Lipinski definition) is 3. The Labute approximate surface area is 84.0 Å². The van der Waals surface area contributed by atoms with Crippen LogP contribution in [0.5, 0.6) is 0 Å². The molecule has 4 heteroatoms. The predicted octanol–water partition coefficient (Wildman–Crippen LogP) is 0.942. The number of hydrogen-bond donors (Lipinski definition) is 2. The van der Waals surface area contributed by atoms with Crippen LogP contribution in [0.15, 0.2) is 6.20 Å². The molecule has 2 heterocycles. The molecule has 0 aromatic carbocycles. The monoisotopic (exact) mass is 195 g/mol. The number of H-pyrrole nitrogens is 1. The minimum Gasteiger partial charge on any atom is -0.368 e. The van der Waals surface area contributed by atoms with Crippen molar-refractivity contribution < 1.29 is 4.74 Å². The molecule has 4 nitrogen and oxygen atoms in total. The first kappa shape index (κ1) is 9.68. The fourth-order valence-corrected chi connectivity index (χ4v) is 1.84. The fraction of sp³-hybridized carbons (Fsp3) is 0.700. The molecule has 1 aromatic rings. The Morgan fingerprint density at radius 2 is 2.43 bits per heavy atom. The van der Waals surface area contributed by atoms with E-state index >= 15 is 0 Å². The zero-order valence-electron chi connectivity index (χ0n) is 8.92. The van der Waals surface area contributed by atoms with Crippen molar-refractivity contribution in [3.8, 4) is 0 Å². The Bertz CT molecular complexity index is 313. The highest BCUT2D eigenvalue weighted by Gasteiger charge is 2.34. The Morgan fingerprint density at radius 1 is 1.64 bits per heavy atom. The van der Waals surface area contributed by atoms with Crippen LogP contribution in [0.3, 0.4) is 0 Å². The van der Waals surface area contributed by atoms with Crippen molar-refractivity contribution in [2.24, 2.45) is 0 Å². The summed E-state index contributed by atoms with van der Waals surface area (Å²) in [6, 6.07) is 0.440. The van der Waals surface area contributed by atoms with Crippen molar-refractivity contribution in [2.45, 2.75) is 32.4 Å². The van der Waals surface area contributed by atoms with E-state index in [2.05, 4.69) is 29.4 Å². The molecule has 0 radical (unpaired) electrons. The van der Waals surface area contributed by atoms with Crippen LogP contribution in [0.1, 0.15) is 25.1 Å². The summed E-state index contributed by atoms with van der Waals surface area (Å²) in [6.45, 7) is 7.84. The van der Waals surface area contributed by atoms with Crippen LogP contribution < -0.4 is 5.32 Å². The van der Waals surface area contributed by atoms with E-state index in [9.17, 15) is 0 Å². The second-order valence-corrected chi connectivity index (χ2v) is 4.23. The maximum atomic E-state index is 5.88. The Hall–Kier alpha value is -0.870.